The van der Waals surface area contributed by atoms with Gasteiger partial charge in [0.15, 0.2) is 0 Å². The van der Waals surface area contributed by atoms with E-state index in [-0.39, 0.29) is 5.97 Å². The number of hydrogen-bond acceptors (Lipinski definition) is 3. The molecule has 0 aliphatic heterocycles. The van der Waals surface area contributed by atoms with E-state index in [4.69, 9.17) is 9.73 Å². The van der Waals surface area contributed by atoms with Crippen molar-refractivity contribution in [2.75, 3.05) is 0 Å². The van der Waals surface area contributed by atoms with Gasteiger partial charge in [-0.05, 0) is 33.1 Å². The number of carbonyl (C=O) groups excluding carboxylic acids is 1. The van der Waals surface area contributed by atoms with E-state index in [9.17, 15) is 4.79 Å². The van der Waals surface area contributed by atoms with Gasteiger partial charge in [0.2, 0.25) is 0 Å². The fourth-order valence-corrected chi connectivity index (χ4v) is 3.80. The number of ether oxygens (including phenoxy) is 1. The summed E-state index contributed by atoms with van der Waals surface area (Å²) in [5.41, 5.74) is 2.39. The number of aliphatic imine (C=N–C) groups is 1. The van der Waals surface area contributed by atoms with Crippen LogP contribution >= 0.6 is 0 Å². The van der Waals surface area contributed by atoms with Gasteiger partial charge in [0.1, 0.15) is 11.6 Å². The fourth-order valence-electron chi connectivity index (χ4n) is 3.80. The molecule has 148 valence electrons. The minimum Gasteiger partial charge on any atom is -0.458 e. The number of carbonyl (C=O) groups is 1. The molecule has 1 aliphatic rings. The van der Waals surface area contributed by atoms with E-state index in [0.29, 0.717) is 5.92 Å². The molecule has 2 aromatic carbocycles. The lowest BCUT2D eigenvalue weighted by Gasteiger charge is -2.24. The van der Waals surface area contributed by atoms with Crippen molar-refractivity contribution in [1.82, 2.24) is 0 Å². The molecule has 28 heavy (non-hydrogen) atoms. The Morgan fingerprint density at radius 1 is 0.964 bits per heavy atom. The molecule has 3 rings (SSSR count). The lowest BCUT2D eigenvalue weighted by Crippen LogP contribution is -2.32. The Hall–Kier alpha value is -2.42. The summed E-state index contributed by atoms with van der Waals surface area (Å²) in [5.74, 6) is 0.331. The first-order chi connectivity index (χ1) is 13.4. The molecule has 3 nitrogen and oxygen atoms in total. The molecule has 1 fully saturated rings. The standard InChI is InChI=1S/C25H31NO2/c1-25(2,3)28-24(27)22(18-19-12-10-11-13-19)26-23(20-14-6-4-7-15-20)21-16-8-5-9-17-21/h4-9,14-17,19,22H,10-13,18H2,1-3H3/t22-/m0/s1. The predicted molar refractivity (Wildman–Crippen MR) is 115 cm³/mol. The first-order valence-electron chi connectivity index (χ1n) is 10.3. The van der Waals surface area contributed by atoms with Gasteiger partial charge in [0, 0.05) is 11.1 Å². The minimum atomic E-state index is -0.514. The van der Waals surface area contributed by atoms with Crippen molar-refractivity contribution < 1.29 is 9.53 Å². The monoisotopic (exact) mass is 377 g/mol. The summed E-state index contributed by atoms with van der Waals surface area (Å²) in [5, 5.41) is 0. The zero-order chi connectivity index (χ0) is 20.0. The van der Waals surface area contributed by atoms with Crippen molar-refractivity contribution in [3.8, 4) is 0 Å². The van der Waals surface area contributed by atoms with Crippen LogP contribution in [0, 0.1) is 5.92 Å². The number of benzene rings is 2. The molecule has 0 radical (unpaired) electrons. The van der Waals surface area contributed by atoms with Gasteiger partial charge >= 0.3 is 5.97 Å². The smallest absolute Gasteiger partial charge is 0.331 e. The van der Waals surface area contributed by atoms with E-state index < -0.39 is 11.6 Å². The first kappa shape index (κ1) is 20.3. The van der Waals surface area contributed by atoms with Gasteiger partial charge in [-0.1, -0.05) is 86.3 Å². The summed E-state index contributed by atoms with van der Waals surface area (Å²) in [7, 11) is 0. The molecule has 0 N–H and O–H groups in total. The Bertz CT molecular complexity index is 743. The van der Waals surface area contributed by atoms with Crippen LogP contribution in [0.2, 0.25) is 0 Å². The second-order valence-corrected chi connectivity index (χ2v) is 8.65. The van der Waals surface area contributed by atoms with Crippen molar-refractivity contribution in [2.24, 2.45) is 10.9 Å². The van der Waals surface area contributed by atoms with Crippen molar-refractivity contribution in [1.29, 1.82) is 0 Å². The Kier molecular flexibility index (Phi) is 6.66. The van der Waals surface area contributed by atoms with E-state index in [2.05, 4.69) is 0 Å². The molecule has 3 heteroatoms. The van der Waals surface area contributed by atoms with Crippen LogP contribution in [0.4, 0.5) is 0 Å². The maximum atomic E-state index is 13.0. The highest BCUT2D eigenvalue weighted by atomic mass is 16.6. The minimum absolute atomic E-state index is 0.219. The molecule has 0 aromatic heterocycles. The third-order valence-electron chi connectivity index (χ3n) is 5.09. The fraction of sp³-hybridized carbons (Fsp3) is 0.440. The summed E-state index contributed by atoms with van der Waals surface area (Å²) in [6.07, 6.45) is 5.62. The number of rotatable bonds is 6. The Labute approximate surface area is 168 Å². The third kappa shape index (κ3) is 5.79. The van der Waals surface area contributed by atoms with E-state index >= 15 is 0 Å². The molecule has 0 amide bonds. The quantitative estimate of drug-likeness (QED) is 0.470. The van der Waals surface area contributed by atoms with Crippen LogP contribution in [0.5, 0.6) is 0 Å². The van der Waals surface area contributed by atoms with E-state index in [0.717, 1.165) is 23.3 Å². The maximum absolute atomic E-state index is 13.0. The zero-order valence-corrected chi connectivity index (χ0v) is 17.2. The van der Waals surface area contributed by atoms with Crippen molar-refractivity contribution in [3.05, 3.63) is 71.8 Å². The van der Waals surface area contributed by atoms with Crippen LogP contribution < -0.4 is 0 Å². The Morgan fingerprint density at radius 2 is 1.46 bits per heavy atom. The van der Waals surface area contributed by atoms with Crippen LogP contribution in [-0.4, -0.2) is 23.3 Å². The summed E-state index contributed by atoms with van der Waals surface area (Å²) in [6, 6.07) is 19.7. The topological polar surface area (TPSA) is 38.7 Å². The molecule has 0 bridgehead atoms. The maximum Gasteiger partial charge on any atom is 0.331 e. The van der Waals surface area contributed by atoms with E-state index in [1.54, 1.807) is 0 Å². The highest BCUT2D eigenvalue weighted by Gasteiger charge is 2.29. The summed E-state index contributed by atoms with van der Waals surface area (Å²) in [4.78, 5) is 18.0. The second kappa shape index (κ2) is 9.18. The lowest BCUT2D eigenvalue weighted by atomic mass is 9.97. The normalized spacial score (nSPS) is 15.8. The second-order valence-electron chi connectivity index (χ2n) is 8.65. The average molecular weight is 378 g/mol. The van der Waals surface area contributed by atoms with Crippen molar-refractivity contribution >= 4 is 11.7 Å². The molecule has 0 spiro atoms. The van der Waals surface area contributed by atoms with Crippen LogP contribution in [-0.2, 0) is 9.53 Å². The molecular weight excluding hydrogens is 346 g/mol. The summed E-state index contributed by atoms with van der Waals surface area (Å²) >= 11 is 0. The van der Waals surface area contributed by atoms with Gasteiger partial charge in [0.05, 0.1) is 5.71 Å². The predicted octanol–water partition coefficient (Wildman–Crippen LogP) is 5.81. The number of hydrogen-bond donors (Lipinski definition) is 0. The van der Waals surface area contributed by atoms with Gasteiger partial charge in [-0.3, -0.25) is 4.99 Å². The highest BCUT2D eigenvalue weighted by molar-refractivity contribution is 6.13. The average Bonchev–Trinajstić information content (AvgIpc) is 3.18. The molecule has 0 unspecified atom stereocenters. The molecule has 1 saturated carbocycles. The van der Waals surface area contributed by atoms with Gasteiger partial charge in [-0.15, -0.1) is 0 Å². The van der Waals surface area contributed by atoms with E-state index in [1.165, 1.54) is 25.7 Å². The Balaban J connectivity index is 1.98. The first-order valence-corrected chi connectivity index (χ1v) is 10.3. The van der Waals surface area contributed by atoms with Gasteiger partial charge < -0.3 is 4.74 Å². The molecule has 1 aliphatic carbocycles. The van der Waals surface area contributed by atoms with Crippen LogP contribution in [0.15, 0.2) is 65.7 Å². The number of nitrogens with zero attached hydrogens (tertiary/aromatic N) is 1. The molecular formula is C25H31NO2. The zero-order valence-electron chi connectivity index (χ0n) is 17.2. The van der Waals surface area contributed by atoms with Crippen LogP contribution in [0.1, 0.15) is 64.0 Å². The molecule has 0 saturated heterocycles. The summed E-state index contributed by atoms with van der Waals surface area (Å²) < 4.78 is 5.74. The van der Waals surface area contributed by atoms with Gasteiger partial charge in [-0.2, -0.15) is 0 Å². The van der Waals surface area contributed by atoms with Gasteiger partial charge in [-0.25, -0.2) is 4.79 Å². The third-order valence-corrected chi connectivity index (χ3v) is 5.09. The van der Waals surface area contributed by atoms with Crippen molar-refractivity contribution in [3.63, 3.8) is 0 Å². The van der Waals surface area contributed by atoms with Crippen LogP contribution in [0.3, 0.4) is 0 Å². The number of esters is 1. The lowest BCUT2D eigenvalue weighted by molar-refractivity contribution is -0.156. The highest BCUT2D eigenvalue weighted by Crippen LogP contribution is 2.30. The molecule has 1 atom stereocenters. The van der Waals surface area contributed by atoms with E-state index in [1.807, 2.05) is 81.4 Å². The molecule has 2 aromatic rings. The molecule has 0 heterocycles. The SMILES string of the molecule is CC(C)(C)OC(=O)[C@H](CC1CCCC1)N=C(c1ccccc1)c1ccccc1. The Morgan fingerprint density at radius 3 is 1.93 bits per heavy atom. The largest absolute Gasteiger partial charge is 0.458 e. The van der Waals surface area contributed by atoms with Crippen LogP contribution in [0.25, 0.3) is 0 Å². The summed E-state index contributed by atoms with van der Waals surface area (Å²) in [6.45, 7) is 5.74. The van der Waals surface area contributed by atoms with Crippen molar-refractivity contribution in [2.45, 2.75) is 64.5 Å². The van der Waals surface area contributed by atoms with Gasteiger partial charge in [0.25, 0.3) is 0 Å².